The normalized spacial score (nSPS) is 0. The first-order valence-electron chi connectivity index (χ1n) is 0. The zero-order valence-corrected chi connectivity index (χ0v) is 4.55. The van der Waals surface area contributed by atoms with E-state index in [-0.39, 0.29) is 58.1 Å². The SMILES string of the molecule is O.O.[Al+3].[Li+].[O-2].[O-2]. The Morgan fingerprint density at radius 2 is 0.667 bits per heavy atom. The Kier molecular flexibility index (Phi) is 6900. The van der Waals surface area contributed by atoms with Crippen LogP contribution in [-0.4, -0.2) is 28.3 Å². The molecule has 0 atom stereocenters. The molecule has 0 rings (SSSR count). The largest absolute Gasteiger partial charge is 3.00 e. The second kappa shape index (κ2) is 157. The van der Waals surface area contributed by atoms with Crippen LogP contribution >= 0.6 is 0 Å². The predicted octanol–water partition coefficient (Wildman–Crippen LogP) is -5.26. The fourth-order valence-electron chi connectivity index (χ4n) is 0. The molecule has 0 fully saturated rings. The van der Waals surface area contributed by atoms with Gasteiger partial charge < -0.3 is 21.9 Å². The van der Waals surface area contributed by atoms with Crippen LogP contribution in [0, 0.1) is 0 Å². The monoisotopic (exact) mass is 102 g/mol. The van der Waals surface area contributed by atoms with Gasteiger partial charge in [0.25, 0.3) is 0 Å². The summed E-state index contributed by atoms with van der Waals surface area (Å²) in [5, 5.41) is 0. The van der Waals surface area contributed by atoms with Gasteiger partial charge in [0.05, 0.1) is 0 Å². The third kappa shape index (κ3) is 83.3. The molecule has 0 radical (unpaired) electrons. The van der Waals surface area contributed by atoms with Gasteiger partial charge in [-0.25, -0.2) is 0 Å². The summed E-state index contributed by atoms with van der Waals surface area (Å²) < 4.78 is 0. The first kappa shape index (κ1) is 264. The summed E-state index contributed by atoms with van der Waals surface area (Å²) in [4.78, 5) is 0. The van der Waals surface area contributed by atoms with Gasteiger partial charge in [-0.15, -0.1) is 0 Å². The van der Waals surface area contributed by atoms with Crippen LogP contribution in [-0.2, 0) is 11.0 Å². The molecule has 0 aliphatic heterocycles. The Bertz CT molecular complexity index is 7.51. The molecule has 0 aliphatic rings. The fraction of sp³-hybridized carbons (Fsp3) is 0. The molecule has 0 aromatic rings. The Morgan fingerprint density at radius 1 is 0.667 bits per heavy atom. The molecule has 0 aromatic heterocycles. The molecule has 4 nitrogen and oxygen atoms in total. The third-order valence-electron chi connectivity index (χ3n) is 0. The molecule has 0 unspecified atom stereocenters. The first-order valence-corrected chi connectivity index (χ1v) is 0. The van der Waals surface area contributed by atoms with Crippen LogP contribution in [0.3, 0.4) is 0 Å². The molecule has 32 valence electrons. The average molecular weight is 102 g/mol. The molecule has 0 bridgehead atoms. The molecule has 0 heterocycles. The van der Waals surface area contributed by atoms with E-state index < -0.39 is 0 Å². The van der Waals surface area contributed by atoms with Crippen LogP contribution in [0.4, 0.5) is 0 Å². The van der Waals surface area contributed by atoms with E-state index >= 15 is 0 Å². The van der Waals surface area contributed by atoms with Crippen molar-refractivity contribution in [2.45, 2.75) is 0 Å². The van der Waals surface area contributed by atoms with Crippen LogP contribution in [0.1, 0.15) is 0 Å². The number of rotatable bonds is 0. The van der Waals surface area contributed by atoms with E-state index in [1.807, 2.05) is 0 Å². The third-order valence-corrected chi connectivity index (χ3v) is 0. The van der Waals surface area contributed by atoms with Gasteiger partial charge >= 0.3 is 36.2 Å². The van der Waals surface area contributed by atoms with Crippen molar-refractivity contribution in [3.05, 3.63) is 0 Å². The van der Waals surface area contributed by atoms with Gasteiger partial charge in [0.15, 0.2) is 0 Å². The smallest absolute Gasteiger partial charge is 2.00 e. The topological polar surface area (TPSA) is 120 Å². The standard InChI is InChI=1S/Al.Li.2H2O.2O/h;;2*1H2;;/q+3;+1;;;2*-2. The molecule has 0 aliphatic carbocycles. The Hall–Kier alpha value is 0.970. The molecule has 0 saturated heterocycles. The maximum Gasteiger partial charge on any atom is 3.00 e. The van der Waals surface area contributed by atoms with Crippen LogP contribution in [0.15, 0.2) is 0 Å². The first-order chi connectivity index (χ1) is 0. The Morgan fingerprint density at radius 3 is 0.667 bits per heavy atom. The molecule has 0 saturated carbocycles. The van der Waals surface area contributed by atoms with Crippen molar-refractivity contribution < 1.29 is 40.8 Å². The van der Waals surface area contributed by atoms with Crippen molar-refractivity contribution in [3.63, 3.8) is 0 Å². The second-order valence-electron chi connectivity index (χ2n) is 0. The number of hydrogen-bond donors (Lipinski definition) is 0. The van der Waals surface area contributed by atoms with E-state index in [0.29, 0.717) is 0 Å². The van der Waals surface area contributed by atoms with E-state index in [2.05, 4.69) is 0 Å². The molecule has 0 amide bonds. The van der Waals surface area contributed by atoms with Crippen molar-refractivity contribution in [1.29, 1.82) is 0 Å². The summed E-state index contributed by atoms with van der Waals surface area (Å²) in [5.41, 5.74) is 0. The molecule has 6 heavy (non-hydrogen) atoms. The summed E-state index contributed by atoms with van der Waals surface area (Å²) in [5.74, 6) is 0. The van der Waals surface area contributed by atoms with Gasteiger partial charge in [-0.2, -0.15) is 0 Å². The zero-order chi connectivity index (χ0) is 0. The van der Waals surface area contributed by atoms with Gasteiger partial charge in [-0.05, 0) is 0 Å². The summed E-state index contributed by atoms with van der Waals surface area (Å²) in [6.45, 7) is 0. The van der Waals surface area contributed by atoms with Crippen LogP contribution in [0.25, 0.3) is 0 Å². The zero-order valence-electron chi connectivity index (χ0n) is 3.39. The van der Waals surface area contributed by atoms with Gasteiger partial charge in [0.2, 0.25) is 0 Å². The molecule has 0 aromatic carbocycles. The van der Waals surface area contributed by atoms with Crippen molar-refractivity contribution in [2.75, 3.05) is 0 Å². The minimum atomic E-state index is 0. The van der Waals surface area contributed by atoms with E-state index in [4.69, 9.17) is 0 Å². The van der Waals surface area contributed by atoms with Crippen molar-refractivity contribution in [1.82, 2.24) is 0 Å². The summed E-state index contributed by atoms with van der Waals surface area (Å²) in [6, 6.07) is 0. The minimum Gasteiger partial charge on any atom is -2.00 e. The molecule has 0 spiro atoms. The van der Waals surface area contributed by atoms with Crippen LogP contribution in [0.5, 0.6) is 0 Å². The number of hydrogen-bond acceptors (Lipinski definition) is 0. The molecule has 6 heteroatoms. The van der Waals surface area contributed by atoms with Crippen LogP contribution in [0.2, 0.25) is 0 Å². The molecular weight excluding hydrogens is 97.9 g/mol. The van der Waals surface area contributed by atoms with Crippen molar-refractivity contribution in [3.8, 4) is 0 Å². The van der Waals surface area contributed by atoms with E-state index in [9.17, 15) is 0 Å². The quantitative estimate of drug-likeness (QED) is 0.271. The summed E-state index contributed by atoms with van der Waals surface area (Å²) in [6.07, 6.45) is 0. The van der Waals surface area contributed by atoms with E-state index in [1.54, 1.807) is 0 Å². The average Bonchev–Trinajstić information content (AvgIpc) is 0. The Balaban J connectivity index is 0. The maximum absolute atomic E-state index is 0. The van der Waals surface area contributed by atoms with Crippen LogP contribution < -0.4 is 18.9 Å². The molecule has 4 N–H and O–H groups in total. The predicted molar refractivity (Wildman–Crippen MR) is 14.4 cm³/mol. The fourth-order valence-corrected chi connectivity index (χ4v) is 0. The minimum absolute atomic E-state index is 0. The molecular formula is H4AlLiO4. The second-order valence-corrected chi connectivity index (χ2v) is 0. The van der Waals surface area contributed by atoms with Gasteiger partial charge in [0.1, 0.15) is 0 Å². The summed E-state index contributed by atoms with van der Waals surface area (Å²) in [7, 11) is 0. The summed E-state index contributed by atoms with van der Waals surface area (Å²) >= 11 is 0. The Labute approximate surface area is 58.5 Å². The maximum atomic E-state index is 0. The van der Waals surface area contributed by atoms with Crippen molar-refractivity contribution in [2.24, 2.45) is 0 Å². The van der Waals surface area contributed by atoms with Crippen molar-refractivity contribution >= 4 is 17.4 Å². The van der Waals surface area contributed by atoms with Gasteiger partial charge in [0, 0.05) is 0 Å². The van der Waals surface area contributed by atoms with E-state index in [1.165, 1.54) is 0 Å². The van der Waals surface area contributed by atoms with Gasteiger partial charge in [-0.1, -0.05) is 0 Å². The van der Waals surface area contributed by atoms with Gasteiger partial charge in [-0.3, -0.25) is 0 Å². The van der Waals surface area contributed by atoms with E-state index in [0.717, 1.165) is 0 Å².